The van der Waals surface area contributed by atoms with E-state index in [2.05, 4.69) is 27.0 Å². The molecule has 7 nitrogen and oxygen atoms in total. The Kier molecular flexibility index (Phi) is 7.44. The smallest absolute Gasteiger partial charge is 0.255 e. The van der Waals surface area contributed by atoms with E-state index in [4.69, 9.17) is 4.74 Å². The predicted octanol–water partition coefficient (Wildman–Crippen LogP) is 2.21. The van der Waals surface area contributed by atoms with E-state index in [1.807, 2.05) is 13.0 Å². The van der Waals surface area contributed by atoms with Gasteiger partial charge in [0, 0.05) is 31.0 Å². The molecule has 0 bridgehead atoms. The summed E-state index contributed by atoms with van der Waals surface area (Å²) in [5.74, 6) is 6.65. The molecule has 3 fully saturated rings. The average molecular weight is 439 g/mol. The fraction of sp³-hybridized carbons (Fsp3) is 0.640. The predicted molar refractivity (Wildman–Crippen MR) is 122 cm³/mol. The highest BCUT2D eigenvalue weighted by Gasteiger charge is 2.34. The van der Waals surface area contributed by atoms with Gasteiger partial charge in [-0.05, 0) is 51.8 Å². The van der Waals surface area contributed by atoms with E-state index in [9.17, 15) is 9.59 Å². The van der Waals surface area contributed by atoms with Gasteiger partial charge in [-0.3, -0.25) is 19.5 Å². The molecule has 1 aromatic rings. The second kappa shape index (κ2) is 10.5. The first kappa shape index (κ1) is 22.8. The largest absolute Gasteiger partial charge is 0.378 e. The molecule has 0 radical (unpaired) electrons. The van der Waals surface area contributed by atoms with Crippen molar-refractivity contribution in [1.82, 2.24) is 20.1 Å². The lowest BCUT2D eigenvalue weighted by Gasteiger charge is -2.35. The van der Waals surface area contributed by atoms with Crippen LogP contribution >= 0.6 is 0 Å². The van der Waals surface area contributed by atoms with E-state index in [0.717, 1.165) is 51.6 Å². The zero-order chi connectivity index (χ0) is 22.4. The van der Waals surface area contributed by atoms with Crippen molar-refractivity contribution in [3.05, 3.63) is 29.6 Å². The molecule has 3 heterocycles. The number of amides is 2. The summed E-state index contributed by atoms with van der Waals surface area (Å²) in [6, 6.07) is 1.68. The Labute approximate surface area is 190 Å². The van der Waals surface area contributed by atoms with Crippen molar-refractivity contribution in [2.45, 2.75) is 63.5 Å². The van der Waals surface area contributed by atoms with Crippen LogP contribution < -0.4 is 5.32 Å². The number of nitrogens with zero attached hydrogens (tertiary/aromatic N) is 3. The van der Waals surface area contributed by atoms with Crippen LogP contribution in [0.3, 0.4) is 0 Å². The van der Waals surface area contributed by atoms with Crippen molar-refractivity contribution >= 4 is 11.8 Å². The van der Waals surface area contributed by atoms with Crippen LogP contribution in [0.25, 0.3) is 0 Å². The van der Waals surface area contributed by atoms with Gasteiger partial charge >= 0.3 is 0 Å². The van der Waals surface area contributed by atoms with Crippen LogP contribution in [-0.2, 0) is 9.53 Å². The van der Waals surface area contributed by atoms with E-state index in [0.29, 0.717) is 37.4 Å². The normalized spacial score (nSPS) is 22.0. The van der Waals surface area contributed by atoms with Crippen LogP contribution in [0.1, 0.15) is 67.8 Å². The van der Waals surface area contributed by atoms with Crippen LogP contribution in [0, 0.1) is 11.8 Å². The molecular weight excluding hydrogens is 404 g/mol. The number of aromatic nitrogens is 1. The van der Waals surface area contributed by atoms with Crippen LogP contribution in [0.15, 0.2) is 18.5 Å². The second-order valence-electron chi connectivity index (χ2n) is 9.17. The van der Waals surface area contributed by atoms with Crippen molar-refractivity contribution in [2.75, 3.05) is 39.4 Å². The summed E-state index contributed by atoms with van der Waals surface area (Å²) in [4.78, 5) is 34.1. The lowest BCUT2D eigenvalue weighted by molar-refractivity contribution is -0.127. The number of morpholine rings is 1. The molecule has 2 aliphatic heterocycles. The SMILES string of the molecule is C[C@@H](C(=O)NC1(C#Cc2cncc(C(=O)N3CCOCC3)c2)CCCCC1)N1CCCC1. The number of ether oxygens (including phenoxy) is 1. The first-order chi connectivity index (χ1) is 15.6. The summed E-state index contributed by atoms with van der Waals surface area (Å²) in [6.45, 7) is 6.30. The van der Waals surface area contributed by atoms with Gasteiger partial charge in [-0.15, -0.1) is 0 Å². The topological polar surface area (TPSA) is 74.8 Å². The molecule has 2 amide bonds. The molecule has 1 atom stereocenters. The fourth-order valence-electron chi connectivity index (χ4n) is 4.84. The molecule has 4 rings (SSSR count). The first-order valence-electron chi connectivity index (χ1n) is 12.0. The molecule has 1 N–H and O–H groups in total. The summed E-state index contributed by atoms with van der Waals surface area (Å²) in [7, 11) is 0. The maximum Gasteiger partial charge on any atom is 0.255 e. The van der Waals surface area contributed by atoms with Crippen molar-refractivity contribution in [1.29, 1.82) is 0 Å². The van der Waals surface area contributed by atoms with Crippen LogP contribution in [0.2, 0.25) is 0 Å². The van der Waals surface area contributed by atoms with Gasteiger partial charge in [0.05, 0.1) is 24.8 Å². The fourth-order valence-corrected chi connectivity index (χ4v) is 4.84. The quantitative estimate of drug-likeness (QED) is 0.730. The zero-order valence-corrected chi connectivity index (χ0v) is 19.1. The molecule has 0 aromatic carbocycles. The lowest BCUT2D eigenvalue weighted by Crippen LogP contribution is -2.54. The maximum absolute atomic E-state index is 13.0. The number of pyridine rings is 1. The van der Waals surface area contributed by atoms with E-state index < -0.39 is 5.54 Å². The summed E-state index contributed by atoms with van der Waals surface area (Å²) in [5.41, 5.74) is 0.743. The Hall–Kier alpha value is -2.43. The molecule has 1 aliphatic carbocycles. The minimum absolute atomic E-state index is 0.0374. The van der Waals surface area contributed by atoms with Gasteiger partial charge in [0.25, 0.3) is 5.91 Å². The molecule has 0 unspecified atom stereocenters. The van der Waals surface area contributed by atoms with E-state index in [1.165, 1.54) is 6.42 Å². The van der Waals surface area contributed by atoms with Crippen molar-refractivity contribution in [3.63, 3.8) is 0 Å². The van der Waals surface area contributed by atoms with Gasteiger partial charge < -0.3 is 15.0 Å². The standard InChI is InChI=1S/C25H34N4O3/c1-20(28-11-5-6-12-28)23(30)27-25(8-3-2-4-9-25)10-7-21-17-22(19-26-18-21)24(31)29-13-15-32-16-14-29/h17-20H,2-6,8-9,11-16H2,1H3,(H,27,30)/t20-/m0/s1. The van der Waals surface area contributed by atoms with E-state index in [1.54, 1.807) is 17.3 Å². The molecule has 3 aliphatic rings. The minimum atomic E-state index is -0.506. The van der Waals surface area contributed by atoms with Crippen LogP contribution in [0.5, 0.6) is 0 Å². The number of nitrogens with one attached hydrogen (secondary N) is 1. The Morgan fingerprint density at radius 3 is 2.50 bits per heavy atom. The highest BCUT2D eigenvalue weighted by atomic mass is 16.5. The monoisotopic (exact) mass is 438 g/mol. The maximum atomic E-state index is 13.0. The second-order valence-corrected chi connectivity index (χ2v) is 9.17. The number of carbonyl (C=O) groups excluding carboxylic acids is 2. The molecule has 32 heavy (non-hydrogen) atoms. The highest BCUT2D eigenvalue weighted by molar-refractivity contribution is 5.94. The number of rotatable bonds is 4. The molecule has 1 saturated carbocycles. The highest BCUT2D eigenvalue weighted by Crippen LogP contribution is 2.28. The third kappa shape index (κ3) is 5.48. The molecule has 1 aromatic heterocycles. The number of hydrogen-bond acceptors (Lipinski definition) is 5. The third-order valence-electron chi connectivity index (χ3n) is 6.87. The van der Waals surface area contributed by atoms with Crippen LogP contribution in [0.4, 0.5) is 0 Å². The van der Waals surface area contributed by atoms with Crippen molar-refractivity contribution < 1.29 is 14.3 Å². The van der Waals surface area contributed by atoms with Gasteiger partial charge in [0.1, 0.15) is 5.54 Å². The Morgan fingerprint density at radius 2 is 1.78 bits per heavy atom. The van der Waals surface area contributed by atoms with Crippen LogP contribution in [-0.4, -0.2) is 77.6 Å². The summed E-state index contributed by atoms with van der Waals surface area (Å²) >= 11 is 0. The molecular formula is C25H34N4O3. The summed E-state index contributed by atoms with van der Waals surface area (Å²) in [6.07, 6.45) is 10.6. The summed E-state index contributed by atoms with van der Waals surface area (Å²) < 4.78 is 5.34. The Bertz CT molecular complexity index is 873. The number of likely N-dealkylation sites (tertiary alicyclic amines) is 1. The van der Waals surface area contributed by atoms with Crippen molar-refractivity contribution in [2.24, 2.45) is 0 Å². The summed E-state index contributed by atoms with van der Waals surface area (Å²) in [5, 5.41) is 3.30. The minimum Gasteiger partial charge on any atom is -0.378 e. The van der Waals surface area contributed by atoms with Gasteiger partial charge in [-0.2, -0.15) is 0 Å². The van der Waals surface area contributed by atoms with Crippen molar-refractivity contribution in [3.8, 4) is 11.8 Å². The Morgan fingerprint density at radius 1 is 1.06 bits per heavy atom. The molecule has 2 saturated heterocycles. The first-order valence-corrected chi connectivity index (χ1v) is 12.0. The van der Waals surface area contributed by atoms with E-state index >= 15 is 0 Å². The molecule has 172 valence electrons. The van der Waals surface area contributed by atoms with Gasteiger partial charge in [-0.1, -0.05) is 31.1 Å². The average Bonchev–Trinajstić information content (AvgIpc) is 3.38. The Balaban J connectivity index is 1.49. The van der Waals surface area contributed by atoms with Gasteiger partial charge in [0.15, 0.2) is 0 Å². The number of carbonyl (C=O) groups is 2. The lowest BCUT2D eigenvalue weighted by atomic mass is 9.81. The number of hydrogen-bond donors (Lipinski definition) is 1. The molecule has 7 heteroatoms. The third-order valence-corrected chi connectivity index (χ3v) is 6.87. The van der Waals surface area contributed by atoms with Gasteiger partial charge in [0.2, 0.25) is 5.91 Å². The van der Waals surface area contributed by atoms with Gasteiger partial charge in [-0.25, -0.2) is 0 Å². The zero-order valence-electron chi connectivity index (χ0n) is 19.1. The van der Waals surface area contributed by atoms with E-state index in [-0.39, 0.29) is 17.9 Å². The molecule has 0 spiro atoms.